The normalized spacial score (nSPS) is 30.7. The zero-order chi connectivity index (χ0) is 18.4. The first-order valence-electron chi connectivity index (χ1n) is 9.20. The summed E-state index contributed by atoms with van der Waals surface area (Å²) in [4.78, 5) is 24.2. The molecule has 2 rings (SSSR count). The van der Waals surface area contributed by atoms with Crippen LogP contribution in [-0.4, -0.2) is 20.3 Å². The molecular formula is C19H32O4Si. The summed E-state index contributed by atoms with van der Waals surface area (Å²) in [5, 5.41) is 0. The summed E-state index contributed by atoms with van der Waals surface area (Å²) in [5.41, 5.74) is 1.40. The van der Waals surface area contributed by atoms with E-state index in [-0.39, 0.29) is 29.7 Å². The summed E-state index contributed by atoms with van der Waals surface area (Å²) in [5.74, 6) is -0.743. The summed E-state index contributed by atoms with van der Waals surface area (Å²) in [7, 11) is -2.07. The first kappa shape index (κ1) is 19.2. The van der Waals surface area contributed by atoms with Gasteiger partial charge in [0.15, 0.2) is 0 Å². The van der Waals surface area contributed by atoms with Crippen LogP contribution in [0, 0.1) is 23.7 Å². The summed E-state index contributed by atoms with van der Waals surface area (Å²) in [6.07, 6.45) is 2.07. The number of rotatable bonds is 5. The molecule has 1 saturated heterocycles. The minimum Gasteiger partial charge on any atom is -0.546 e. The van der Waals surface area contributed by atoms with Crippen LogP contribution in [0.5, 0.6) is 0 Å². The highest BCUT2D eigenvalue weighted by Gasteiger charge is 2.55. The van der Waals surface area contributed by atoms with Gasteiger partial charge in [-0.25, -0.2) is 0 Å². The number of allylic oxidation sites excluding steroid dienone is 2. The topological polar surface area (TPSA) is 52.6 Å². The third kappa shape index (κ3) is 2.85. The van der Waals surface area contributed by atoms with E-state index in [4.69, 9.17) is 9.16 Å². The fourth-order valence-electron chi connectivity index (χ4n) is 4.96. The van der Waals surface area contributed by atoms with E-state index < -0.39 is 14.2 Å². The van der Waals surface area contributed by atoms with Crippen molar-refractivity contribution in [1.82, 2.24) is 0 Å². The van der Waals surface area contributed by atoms with Crippen LogP contribution in [0.15, 0.2) is 11.8 Å². The van der Waals surface area contributed by atoms with Gasteiger partial charge in [0, 0.05) is 5.92 Å². The van der Waals surface area contributed by atoms with E-state index in [0.717, 1.165) is 5.76 Å². The first-order valence-corrected chi connectivity index (χ1v) is 11.3. The summed E-state index contributed by atoms with van der Waals surface area (Å²) < 4.78 is 11.7. The van der Waals surface area contributed by atoms with Crippen LogP contribution in [0.3, 0.4) is 0 Å². The highest BCUT2D eigenvalue weighted by atomic mass is 28.4. The van der Waals surface area contributed by atoms with Crippen LogP contribution in [0.25, 0.3) is 0 Å². The maximum atomic E-state index is 12.2. The van der Waals surface area contributed by atoms with E-state index in [0.29, 0.717) is 16.6 Å². The molecule has 5 heteroatoms. The number of cyclic esters (lactones) is 2. The molecule has 0 aromatic heterocycles. The Bertz CT molecular complexity index is 528. The minimum absolute atomic E-state index is 0.0293. The second-order valence-electron chi connectivity index (χ2n) is 8.43. The van der Waals surface area contributed by atoms with Crippen molar-refractivity contribution in [3.63, 3.8) is 0 Å². The van der Waals surface area contributed by atoms with Gasteiger partial charge in [0.1, 0.15) is 0 Å². The lowest BCUT2D eigenvalue weighted by Crippen LogP contribution is -2.49. The van der Waals surface area contributed by atoms with E-state index in [1.54, 1.807) is 0 Å². The molecule has 1 aliphatic heterocycles. The Labute approximate surface area is 147 Å². The number of hydrogen-bond donors (Lipinski definition) is 0. The van der Waals surface area contributed by atoms with E-state index in [1.165, 1.54) is 0 Å². The van der Waals surface area contributed by atoms with E-state index in [9.17, 15) is 9.59 Å². The van der Waals surface area contributed by atoms with E-state index >= 15 is 0 Å². The molecule has 4 atom stereocenters. The zero-order valence-corrected chi connectivity index (χ0v) is 17.3. The third-order valence-corrected chi connectivity index (χ3v) is 12.1. The van der Waals surface area contributed by atoms with Gasteiger partial charge in [0.2, 0.25) is 0 Å². The predicted molar refractivity (Wildman–Crippen MR) is 96.6 cm³/mol. The molecule has 4 nitrogen and oxygen atoms in total. The van der Waals surface area contributed by atoms with Gasteiger partial charge < -0.3 is 9.16 Å². The lowest BCUT2D eigenvalue weighted by atomic mass is 9.72. The lowest BCUT2D eigenvalue weighted by molar-refractivity contribution is -0.154. The van der Waals surface area contributed by atoms with E-state index in [2.05, 4.69) is 47.6 Å². The molecule has 0 amide bonds. The van der Waals surface area contributed by atoms with Crippen LogP contribution in [0.4, 0.5) is 0 Å². The molecule has 0 spiro atoms. The maximum Gasteiger partial charge on any atom is 0.318 e. The molecule has 0 bridgehead atoms. The molecule has 0 unspecified atom stereocenters. The fourth-order valence-corrected chi connectivity index (χ4v) is 10.3. The summed E-state index contributed by atoms with van der Waals surface area (Å²) >= 11 is 0. The molecule has 1 fully saturated rings. The molecule has 0 aromatic rings. The Balaban J connectivity index is 2.41. The Hall–Kier alpha value is -1.10. The van der Waals surface area contributed by atoms with Crippen molar-refractivity contribution in [2.24, 2.45) is 23.7 Å². The predicted octanol–water partition coefficient (Wildman–Crippen LogP) is 4.66. The highest BCUT2D eigenvalue weighted by Crippen LogP contribution is 2.49. The van der Waals surface area contributed by atoms with Gasteiger partial charge in [-0.15, -0.1) is 0 Å². The first-order chi connectivity index (χ1) is 11.0. The Morgan fingerprint density at radius 2 is 1.38 bits per heavy atom. The zero-order valence-electron chi connectivity index (χ0n) is 16.3. The van der Waals surface area contributed by atoms with Gasteiger partial charge in [-0.2, -0.15) is 0 Å². The fraction of sp³-hybridized carbons (Fsp3) is 0.789. The third-order valence-electron chi connectivity index (χ3n) is 6.12. The Morgan fingerprint density at radius 1 is 0.917 bits per heavy atom. The second kappa shape index (κ2) is 6.66. The average molecular weight is 353 g/mol. The van der Waals surface area contributed by atoms with Gasteiger partial charge >= 0.3 is 11.9 Å². The standard InChI is InChI=1S/C19H32O4Si/c1-10(2)24(11(3)4,12(5)6)23-15-9-13(7)16-17(14(15)8)19(21)22-18(16)20/h9-14,16-17H,1-8H3/t13-,14+,16-,17+/m1/s1. The average Bonchev–Trinajstić information content (AvgIpc) is 2.75. The molecule has 0 radical (unpaired) electrons. The highest BCUT2D eigenvalue weighted by molar-refractivity contribution is 6.77. The van der Waals surface area contributed by atoms with Gasteiger partial charge in [-0.3, -0.25) is 9.59 Å². The van der Waals surface area contributed by atoms with E-state index in [1.807, 2.05) is 13.8 Å². The number of carbonyl (C=O) groups excluding carboxylic acids is 2. The van der Waals surface area contributed by atoms with Crippen LogP contribution < -0.4 is 0 Å². The number of carbonyl (C=O) groups is 2. The largest absolute Gasteiger partial charge is 0.546 e. The van der Waals surface area contributed by atoms with Gasteiger partial charge in [0.05, 0.1) is 17.6 Å². The SMILES string of the molecule is CC(C)[Si](OC1=C[C@@H](C)[C@H]2C(=O)OC(=O)[C@H]2[C@H]1C)(C(C)C)C(C)C. The van der Waals surface area contributed by atoms with Crippen molar-refractivity contribution in [1.29, 1.82) is 0 Å². The molecule has 1 aliphatic carbocycles. The van der Waals surface area contributed by atoms with Crippen LogP contribution in [0.1, 0.15) is 55.4 Å². The number of ether oxygens (including phenoxy) is 1. The molecule has 0 saturated carbocycles. The van der Waals surface area contributed by atoms with Gasteiger partial charge in [-0.05, 0) is 28.6 Å². The second-order valence-corrected chi connectivity index (χ2v) is 13.8. The van der Waals surface area contributed by atoms with Crippen LogP contribution in [-0.2, 0) is 18.8 Å². The lowest BCUT2D eigenvalue weighted by Gasteiger charge is -2.45. The molecule has 136 valence electrons. The molecule has 0 N–H and O–H groups in total. The van der Waals surface area contributed by atoms with Crippen LogP contribution >= 0.6 is 0 Å². The number of esters is 2. The Kier molecular flexibility index (Phi) is 5.33. The quantitative estimate of drug-likeness (QED) is 0.410. The molecular weight excluding hydrogens is 320 g/mol. The maximum absolute atomic E-state index is 12.2. The molecule has 1 heterocycles. The Morgan fingerprint density at radius 3 is 1.83 bits per heavy atom. The minimum atomic E-state index is -2.07. The van der Waals surface area contributed by atoms with Crippen molar-refractivity contribution in [3.8, 4) is 0 Å². The number of fused-ring (bicyclic) bond motifs is 1. The van der Waals surface area contributed by atoms with Gasteiger partial charge in [-0.1, -0.05) is 55.4 Å². The molecule has 24 heavy (non-hydrogen) atoms. The van der Waals surface area contributed by atoms with Crippen molar-refractivity contribution >= 4 is 20.3 Å². The van der Waals surface area contributed by atoms with Gasteiger partial charge in [0.25, 0.3) is 8.32 Å². The van der Waals surface area contributed by atoms with Crippen molar-refractivity contribution in [2.75, 3.05) is 0 Å². The monoisotopic (exact) mass is 352 g/mol. The van der Waals surface area contributed by atoms with Crippen molar-refractivity contribution < 1.29 is 18.8 Å². The molecule has 2 aliphatic rings. The van der Waals surface area contributed by atoms with Crippen LogP contribution in [0.2, 0.25) is 16.6 Å². The van der Waals surface area contributed by atoms with Crippen molar-refractivity contribution in [2.45, 2.75) is 72.0 Å². The number of hydrogen-bond acceptors (Lipinski definition) is 4. The molecule has 0 aromatic carbocycles. The van der Waals surface area contributed by atoms with Crippen molar-refractivity contribution in [3.05, 3.63) is 11.8 Å². The summed E-state index contributed by atoms with van der Waals surface area (Å²) in [6, 6.07) is 0. The smallest absolute Gasteiger partial charge is 0.318 e. The summed E-state index contributed by atoms with van der Waals surface area (Å²) in [6.45, 7) is 17.5.